The number of aryl methyl sites for hydroxylation is 2. The van der Waals surface area contributed by atoms with E-state index in [4.69, 9.17) is 5.73 Å². The number of nitrogen functional groups attached to an aromatic ring is 1. The number of likely N-dealkylation sites (tertiary alicyclic amines) is 1. The van der Waals surface area contributed by atoms with E-state index in [9.17, 15) is 9.59 Å². The van der Waals surface area contributed by atoms with E-state index in [1.165, 1.54) is 11.6 Å². The van der Waals surface area contributed by atoms with E-state index in [1.807, 2.05) is 0 Å². The summed E-state index contributed by atoms with van der Waals surface area (Å²) in [6, 6.07) is 0.0250. The van der Waals surface area contributed by atoms with Gasteiger partial charge >= 0.3 is 0 Å². The van der Waals surface area contributed by atoms with Gasteiger partial charge < -0.3 is 16.0 Å². The molecule has 2 rings (SSSR count). The van der Waals surface area contributed by atoms with Crippen LogP contribution in [0.25, 0.3) is 0 Å². The molecule has 3 N–H and O–H groups in total. The molecule has 104 valence electrons. The standard InChI is InChI=1S/C12H19N5O2/c1-7-10(13)11(16(3)15-7)12(19)17-5-4-9(6-17)14-8(2)18/h9H,4-6,13H2,1-3H3,(H,14,18). The fourth-order valence-electron chi connectivity index (χ4n) is 2.43. The molecule has 19 heavy (non-hydrogen) atoms. The second kappa shape index (κ2) is 4.91. The van der Waals surface area contributed by atoms with E-state index in [2.05, 4.69) is 10.4 Å². The lowest BCUT2D eigenvalue weighted by molar-refractivity contribution is -0.119. The molecule has 1 saturated heterocycles. The second-order valence-electron chi connectivity index (χ2n) is 4.91. The highest BCUT2D eigenvalue weighted by Gasteiger charge is 2.30. The van der Waals surface area contributed by atoms with Crippen LogP contribution in [0.4, 0.5) is 5.69 Å². The van der Waals surface area contributed by atoms with Gasteiger partial charge in [-0.25, -0.2) is 0 Å². The van der Waals surface area contributed by atoms with Crippen molar-refractivity contribution >= 4 is 17.5 Å². The molecule has 0 aliphatic carbocycles. The van der Waals surface area contributed by atoms with Gasteiger partial charge in [-0.3, -0.25) is 14.3 Å². The normalized spacial score (nSPS) is 18.7. The average Bonchev–Trinajstić information content (AvgIpc) is 2.84. The van der Waals surface area contributed by atoms with Crippen molar-refractivity contribution in [1.29, 1.82) is 0 Å². The quantitative estimate of drug-likeness (QED) is 0.765. The number of nitrogens with one attached hydrogen (secondary N) is 1. The summed E-state index contributed by atoms with van der Waals surface area (Å²) in [5.74, 6) is -0.205. The summed E-state index contributed by atoms with van der Waals surface area (Å²) in [6.45, 7) is 4.39. The number of aromatic nitrogens is 2. The molecule has 1 aliphatic rings. The average molecular weight is 265 g/mol. The maximum atomic E-state index is 12.4. The predicted octanol–water partition coefficient (Wildman–Crippen LogP) is -0.339. The third-order valence-electron chi connectivity index (χ3n) is 3.35. The Morgan fingerprint density at radius 3 is 2.68 bits per heavy atom. The number of hydrogen-bond acceptors (Lipinski definition) is 4. The molecule has 1 fully saturated rings. The summed E-state index contributed by atoms with van der Waals surface area (Å²) in [5, 5.41) is 6.97. The van der Waals surface area contributed by atoms with Gasteiger partial charge in [0, 0.05) is 33.1 Å². The van der Waals surface area contributed by atoms with Gasteiger partial charge in [0.15, 0.2) is 0 Å². The van der Waals surface area contributed by atoms with Crippen LogP contribution in [0, 0.1) is 6.92 Å². The van der Waals surface area contributed by atoms with Crippen molar-refractivity contribution in [3.05, 3.63) is 11.4 Å². The topological polar surface area (TPSA) is 93.2 Å². The van der Waals surface area contributed by atoms with Crippen LogP contribution in [0.1, 0.15) is 29.5 Å². The largest absolute Gasteiger partial charge is 0.395 e. The highest BCUT2D eigenvalue weighted by molar-refractivity contribution is 5.98. The summed E-state index contributed by atoms with van der Waals surface area (Å²) in [5.41, 5.74) is 7.39. The Bertz CT molecular complexity index is 522. The van der Waals surface area contributed by atoms with E-state index in [0.29, 0.717) is 30.2 Å². The first-order valence-corrected chi connectivity index (χ1v) is 6.25. The Labute approximate surface area is 111 Å². The van der Waals surface area contributed by atoms with E-state index in [1.54, 1.807) is 18.9 Å². The smallest absolute Gasteiger partial charge is 0.274 e. The molecule has 1 atom stereocenters. The number of amides is 2. The minimum absolute atomic E-state index is 0.0250. The lowest BCUT2D eigenvalue weighted by atomic mass is 10.2. The van der Waals surface area contributed by atoms with Crippen LogP contribution >= 0.6 is 0 Å². The monoisotopic (exact) mass is 265 g/mol. The van der Waals surface area contributed by atoms with E-state index < -0.39 is 0 Å². The van der Waals surface area contributed by atoms with Crippen LogP contribution in [0.2, 0.25) is 0 Å². The van der Waals surface area contributed by atoms with Crippen LogP contribution in [-0.4, -0.2) is 45.6 Å². The second-order valence-corrected chi connectivity index (χ2v) is 4.91. The Balaban J connectivity index is 2.11. The molecular formula is C12H19N5O2. The number of rotatable bonds is 2. The SMILES string of the molecule is CC(=O)NC1CCN(C(=O)c2c(N)c(C)nn2C)C1. The van der Waals surface area contributed by atoms with E-state index >= 15 is 0 Å². The lowest BCUT2D eigenvalue weighted by Crippen LogP contribution is -2.37. The molecule has 7 heteroatoms. The van der Waals surface area contributed by atoms with Crippen molar-refractivity contribution in [1.82, 2.24) is 20.0 Å². The van der Waals surface area contributed by atoms with Gasteiger partial charge in [0.2, 0.25) is 5.91 Å². The zero-order chi connectivity index (χ0) is 14.2. The van der Waals surface area contributed by atoms with Gasteiger partial charge in [-0.15, -0.1) is 0 Å². The van der Waals surface area contributed by atoms with Gasteiger partial charge in [-0.2, -0.15) is 5.10 Å². The minimum atomic E-state index is -0.131. The van der Waals surface area contributed by atoms with Crippen LogP contribution in [-0.2, 0) is 11.8 Å². The Hall–Kier alpha value is -2.05. The van der Waals surface area contributed by atoms with Gasteiger partial charge in [0.05, 0.1) is 11.4 Å². The fraction of sp³-hybridized carbons (Fsp3) is 0.583. The molecule has 2 amide bonds. The molecule has 1 unspecified atom stereocenters. The number of carbonyl (C=O) groups is 2. The highest BCUT2D eigenvalue weighted by Crippen LogP contribution is 2.20. The van der Waals surface area contributed by atoms with Crippen molar-refractivity contribution in [3.63, 3.8) is 0 Å². The maximum absolute atomic E-state index is 12.4. The van der Waals surface area contributed by atoms with E-state index in [-0.39, 0.29) is 17.9 Å². The Morgan fingerprint density at radius 2 is 2.16 bits per heavy atom. The first-order valence-electron chi connectivity index (χ1n) is 6.25. The Kier molecular flexibility index (Phi) is 3.46. The first kappa shape index (κ1) is 13.4. The van der Waals surface area contributed by atoms with Crippen LogP contribution < -0.4 is 11.1 Å². The molecule has 1 aliphatic heterocycles. The van der Waals surface area contributed by atoms with Gasteiger partial charge in [-0.1, -0.05) is 0 Å². The summed E-state index contributed by atoms with van der Waals surface area (Å²) >= 11 is 0. The van der Waals surface area contributed by atoms with Crippen molar-refractivity contribution in [2.75, 3.05) is 18.8 Å². The first-order chi connectivity index (χ1) is 8.90. The van der Waals surface area contributed by atoms with Gasteiger partial charge in [0.25, 0.3) is 5.91 Å². The fourth-order valence-corrected chi connectivity index (χ4v) is 2.43. The molecule has 2 heterocycles. The molecule has 0 aromatic carbocycles. The number of nitrogens with zero attached hydrogens (tertiary/aromatic N) is 3. The summed E-state index contributed by atoms with van der Waals surface area (Å²) < 4.78 is 1.51. The third kappa shape index (κ3) is 2.54. The zero-order valence-electron chi connectivity index (χ0n) is 11.4. The predicted molar refractivity (Wildman–Crippen MR) is 70.5 cm³/mol. The summed E-state index contributed by atoms with van der Waals surface area (Å²) in [7, 11) is 1.71. The van der Waals surface area contributed by atoms with Crippen molar-refractivity contribution < 1.29 is 9.59 Å². The number of anilines is 1. The van der Waals surface area contributed by atoms with Crippen molar-refractivity contribution in [2.45, 2.75) is 26.3 Å². The minimum Gasteiger partial charge on any atom is -0.395 e. The third-order valence-corrected chi connectivity index (χ3v) is 3.35. The van der Waals surface area contributed by atoms with Gasteiger partial charge in [0.1, 0.15) is 5.69 Å². The molecule has 0 saturated carbocycles. The van der Waals surface area contributed by atoms with Crippen LogP contribution in [0.3, 0.4) is 0 Å². The molecule has 0 radical (unpaired) electrons. The molecule has 7 nitrogen and oxygen atoms in total. The number of carbonyl (C=O) groups excluding carboxylic acids is 2. The van der Waals surface area contributed by atoms with Crippen LogP contribution in [0.15, 0.2) is 0 Å². The molecule has 1 aromatic heterocycles. The molecule has 0 spiro atoms. The zero-order valence-corrected chi connectivity index (χ0v) is 11.4. The summed E-state index contributed by atoms with van der Waals surface area (Å²) in [6.07, 6.45) is 0.766. The maximum Gasteiger partial charge on any atom is 0.274 e. The number of nitrogens with two attached hydrogens (primary N) is 1. The number of hydrogen-bond donors (Lipinski definition) is 2. The van der Waals surface area contributed by atoms with Gasteiger partial charge in [-0.05, 0) is 13.3 Å². The van der Waals surface area contributed by atoms with Crippen molar-refractivity contribution in [2.24, 2.45) is 7.05 Å². The lowest BCUT2D eigenvalue weighted by Gasteiger charge is -2.17. The molecule has 1 aromatic rings. The molecule has 0 bridgehead atoms. The van der Waals surface area contributed by atoms with Crippen LogP contribution in [0.5, 0.6) is 0 Å². The molecular weight excluding hydrogens is 246 g/mol. The highest BCUT2D eigenvalue weighted by atomic mass is 16.2. The summed E-state index contributed by atoms with van der Waals surface area (Å²) in [4.78, 5) is 25.1. The van der Waals surface area contributed by atoms with E-state index in [0.717, 1.165) is 6.42 Å². The Morgan fingerprint density at radius 1 is 1.47 bits per heavy atom. The van der Waals surface area contributed by atoms with Crippen molar-refractivity contribution in [3.8, 4) is 0 Å².